The number of primary amides is 1. The van der Waals surface area contributed by atoms with E-state index in [9.17, 15) is 27.2 Å². The molecule has 1 aliphatic heterocycles. The molecule has 0 bridgehead atoms. The molecule has 1 aliphatic rings. The van der Waals surface area contributed by atoms with Crippen LogP contribution < -0.4 is 5.73 Å². The van der Waals surface area contributed by atoms with Crippen molar-refractivity contribution in [2.24, 2.45) is 5.73 Å². The molecule has 2 amide bonds. The number of nitrogens with two attached hydrogens (primary N) is 1. The number of nitrogens with zero attached hydrogens (tertiary/aromatic N) is 2. The van der Waals surface area contributed by atoms with Crippen molar-refractivity contribution in [3.05, 3.63) is 17.8 Å². The summed E-state index contributed by atoms with van der Waals surface area (Å²) in [7, 11) is 0. The fourth-order valence-electron chi connectivity index (χ4n) is 2.08. The van der Waals surface area contributed by atoms with E-state index in [4.69, 9.17) is 5.73 Å². The molecule has 21 heavy (non-hydrogen) atoms. The van der Waals surface area contributed by atoms with Crippen molar-refractivity contribution in [1.82, 2.24) is 9.88 Å². The molecule has 0 aliphatic carbocycles. The Morgan fingerprint density at radius 3 is 2.67 bits per heavy atom. The molecule has 2 unspecified atom stereocenters. The van der Waals surface area contributed by atoms with E-state index in [1.54, 1.807) is 0 Å². The van der Waals surface area contributed by atoms with Gasteiger partial charge in [-0.3, -0.25) is 9.59 Å². The number of carbonyl (C=O) groups excluding carboxylic acids is 2. The van der Waals surface area contributed by atoms with Crippen LogP contribution in [-0.2, 0) is 22.2 Å². The van der Waals surface area contributed by atoms with E-state index in [1.807, 2.05) is 0 Å². The standard InChI is InChI=1S/C11H11F4N3O3/c12-5-1-6(10(16)20)18(3-5)9(19)2-8-17-7(4-21-8)11(13,14)15/h4-6H,1-3H2,(H2,16,20). The third-order valence-corrected chi connectivity index (χ3v) is 3.04. The molecule has 2 N–H and O–H groups in total. The van der Waals surface area contributed by atoms with Gasteiger partial charge in [-0.25, -0.2) is 9.37 Å². The highest BCUT2D eigenvalue weighted by molar-refractivity contribution is 5.88. The van der Waals surface area contributed by atoms with Crippen molar-refractivity contribution in [3.63, 3.8) is 0 Å². The van der Waals surface area contributed by atoms with Crippen LogP contribution in [0.2, 0.25) is 0 Å². The summed E-state index contributed by atoms with van der Waals surface area (Å²) in [5.41, 5.74) is 3.79. The molecule has 116 valence electrons. The monoisotopic (exact) mass is 309 g/mol. The average molecular weight is 309 g/mol. The molecule has 2 rings (SSSR count). The highest BCUT2D eigenvalue weighted by atomic mass is 19.4. The van der Waals surface area contributed by atoms with Crippen molar-refractivity contribution in [1.29, 1.82) is 0 Å². The summed E-state index contributed by atoms with van der Waals surface area (Å²) in [5, 5.41) is 0. The first-order chi connectivity index (χ1) is 9.68. The van der Waals surface area contributed by atoms with Crippen molar-refractivity contribution >= 4 is 11.8 Å². The summed E-state index contributed by atoms with van der Waals surface area (Å²) in [5.74, 6) is -2.10. The van der Waals surface area contributed by atoms with E-state index in [-0.39, 0.29) is 13.0 Å². The van der Waals surface area contributed by atoms with E-state index >= 15 is 0 Å². The molecule has 1 saturated heterocycles. The van der Waals surface area contributed by atoms with Gasteiger partial charge in [0.1, 0.15) is 24.9 Å². The van der Waals surface area contributed by atoms with Gasteiger partial charge in [-0.05, 0) is 0 Å². The highest BCUT2D eigenvalue weighted by Gasteiger charge is 2.39. The van der Waals surface area contributed by atoms with Crippen LogP contribution in [0.4, 0.5) is 17.6 Å². The molecular formula is C11H11F4N3O3. The Bertz CT molecular complexity index is 557. The summed E-state index contributed by atoms with van der Waals surface area (Å²) >= 11 is 0. The second kappa shape index (κ2) is 5.34. The molecule has 1 aromatic rings. The Balaban J connectivity index is 2.07. The van der Waals surface area contributed by atoms with Gasteiger partial charge < -0.3 is 15.1 Å². The minimum Gasteiger partial charge on any atom is -0.448 e. The molecule has 2 heterocycles. The lowest BCUT2D eigenvalue weighted by atomic mass is 10.2. The average Bonchev–Trinajstić information content (AvgIpc) is 2.94. The lowest BCUT2D eigenvalue weighted by Crippen LogP contribution is -2.44. The van der Waals surface area contributed by atoms with Crippen LogP contribution in [0.15, 0.2) is 10.7 Å². The molecule has 10 heteroatoms. The Morgan fingerprint density at radius 2 is 2.14 bits per heavy atom. The van der Waals surface area contributed by atoms with Crippen LogP contribution in [0.25, 0.3) is 0 Å². The van der Waals surface area contributed by atoms with Gasteiger partial charge in [0, 0.05) is 6.42 Å². The Kier molecular flexibility index (Phi) is 3.88. The molecular weight excluding hydrogens is 298 g/mol. The van der Waals surface area contributed by atoms with Crippen molar-refractivity contribution < 1.29 is 31.6 Å². The normalized spacial score (nSPS) is 22.6. The molecule has 0 aromatic carbocycles. The number of likely N-dealkylation sites (tertiary alicyclic amines) is 1. The number of alkyl halides is 4. The number of carbonyl (C=O) groups is 2. The first-order valence-electron chi connectivity index (χ1n) is 5.93. The zero-order valence-electron chi connectivity index (χ0n) is 10.6. The maximum absolute atomic E-state index is 13.3. The largest absolute Gasteiger partial charge is 0.448 e. The quantitative estimate of drug-likeness (QED) is 0.831. The number of halogens is 4. The van der Waals surface area contributed by atoms with Gasteiger partial charge in [0.05, 0.1) is 6.54 Å². The topological polar surface area (TPSA) is 89.4 Å². The van der Waals surface area contributed by atoms with Crippen molar-refractivity contribution in [3.8, 4) is 0 Å². The van der Waals surface area contributed by atoms with Gasteiger partial charge >= 0.3 is 6.18 Å². The summed E-state index contributed by atoms with van der Waals surface area (Å²) in [6.07, 6.45) is -6.52. The molecule has 2 atom stereocenters. The number of hydrogen-bond donors (Lipinski definition) is 1. The van der Waals surface area contributed by atoms with Gasteiger partial charge in [0.15, 0.2) is 5.69 Å². The minimum absolute atomic E-state index is 0.222. The van der Waals surface area contributed by atoms with Gasteiger partial charge in [-0.15, -0.1) is 0 Å². The Morgan fingerprint density at radius 1 is 1.48 bits per heavy atom. The van der Waals surface area contributed by atoms with Gasteiger partial charge in [0.25, 0.3) is 0 Å². The van der Waals surface area contributed by atoms with Crippen molar-refractivity contribution in [2.45, 2.75) is 31.2 Å². The van der Waals surface area contributed by atoms with E-state index < -0.39 is 48.2 Å². The zero-order chi connectivity index (χ0) is 15.8. The van der Waals surface area contributed by atoms with Crippen molar-refractivity contribution in [2.75, 3.05) is 6.54 Å². The van der Waals surface area contributed by atoms with Crippen LogP contribution >= 0.6 is 0 Å². The predicted molar refractivity (Wildman–Crippen MR) is 59.4 cm³/mol. The van der Waals surface area contributed by atoms with E-state index in [0.29, 0.717) is 6.26 Å². The number of amides is 2. The maximum atomic E-state index is 13.3. The smallest absolute Gasteiger partial charge is 0.436 e. The third-order valence-electron chi connectivity index (χ3n) is 3.04. The van der Waals surface area contributed by atoms with Crippen LogP contribution in [0.1, 0.15) is 18.0 Å². The van der Waals surface area contributed by atoms with Crippen LogP contribution in [0, 0.1) is 0 Å². The Labute approximate surface area is 115 Å². The van der Waals surface area contributed by atoms with E-state index in [2.05, 4.69) is 9.40 Å². The predicted octanol–water partition coefficient (Wildman–Crippen LogP) is 0.660. The lowest BCUT2D eigenvalue weighted by molar-refractivity contribution is -0.141. The summed E-state index contributed by atoms with van der Waals surface area (Å²) in [6, 6.07) is -1.11. The fourth-order valence-corrected chi connectivity index (χ4v) is 2.08. The number of hydrogen-bond acceptors (Lipinski definition) is 4. The van der Waals surface area contributed by atoms with Crippen LogP contribution in [-0.4, -0.2) is 40.5 Å². The van der Waals surface area contributed by atoms with Gasteiger partial charge in [-0.2, -0.15) is 13.2 Å². The minimum atomic E-state index is -4.68. The van der Waals surface area contributed by atoms with Crippen LogP contribution in [0.3, 0.4) is 0 Å². The summed E-state index contributed by atoms with van der Waals surface area (Å²) in [6.45, 7) is -0.334. The third kappa shape index (κ3) is 3.31. The summed E-state index contributed by atoms with van der Waals surface area (Å²) in [4.78, 5) is 27.1. The van der Waals surface area contributed by atoms with Crippen LogP contribution in [0.5, 0.6) is 0 Å². The highest BCUT2D eigenvalue weighted by Crippen LogP contribution is 2.28. The molecule has 0 spiro atoms. The second-order valence-electron chi connectivity index (χ2n) is 4.60. The SMILES string of the molecule is NC(=O)C1CC(F)CN1C(=O)Cc1nc(C(F)(F)F)co1. The first kappa shape index (κ1) is 15.3. The maximum Gasteiger partial charge on any atom is 0.436 e. The molecule has 1 aromatic heterocycles. The number of aromatic nitrogens is 1. The van der Waals surface area contributed by atoms with E-state index in [0.717, 1.165) is 4.90 Å². The van der Waals surface area contributed by atoms with Gasteiger partial charge in [-0.1, -0.05) is 0 Å². The first-order valence-corrected chi connectivity index (χ1v) is 5.93. The number of rotatable bonds is 3. The van der Waals surface area contributed by atoms with E-state index in [1.165, 1.54) is 0 Å². The summed E-state index contributed by atoms with van der Waals surface area (Å²) < 4.78 is 54.8. The zero-order valence-corrected chi connectivity index (χ0v) is 10.6. The second-order valence-corrected chi connectivity index (χ2v) is 4.60. The molecule has 0 radical (unpaired) electrons. The fraction of sp³-hybridized carbons (Fsp3) is 0.545. The number of oxazole rings is 1. The lowest BCUT2D eigenvalue weighted by Gasteiger charge is -2.20. The molecule has 1 fully saturated rings. The molecule has 6 nitrogen and oxygen atoms in total. The Hall–Kier alpha value is -2.13. The van der Waals surface area contributed by atoms with Gasteiger partial charge in [0.2, 0.25) is 17.7 Å². The molecule has 0 saturated carbocycles.